The molecule has 2 aromatic rings. The van der Waals surface area contributed by atoms with Crippen molar-refractivity contribution in [3.05, 3.63) is 65.0 Å². The van der Waals surface area contributed by atoms with Crippen molar-refractivity contribution in [2.45, 2.75) is 19.4 Å². The second-order valence-electron chi connectivity index (χ2n) is 5.48. The fraction of sp³-hybridized carbons (Fsp3) is 0.278. The summed E-state index contributed by atoms with van der Waals surface area (Å²) in [4.78, 5) is 4.66. The highest BCUT2D eigenvalue weighted by Crippen LogP contribution is 2.26. The third-order valence-corrected chi connectivity index (χ3v) is 3.99. The van der Waals surface area contributed by atoms with Crippen LogP contribution in [-0.4, -0.2) is 24.8 Å². The zero-order valence-corrected chi connectivity index (χ0v) is 12.6. The molecule has 1 unspecified atom stereocenters. The van der Waals surface area contributed by atoms with Gasteiger partial charge in [0.15, 0.2) is 0 Å². The molecule has 0 saturated heterocycles. The maximum absolute atomic E-state index is 14.2. The molecule has 0 fully saturated rings. The molecule has 2 aromatic carbocycles. The molecule has 1 aliphatic rings. The predicted octanol–water partition coefficient (Wildman–Crippen LogP) is 2.98. The summed E-state index contributed by atoms with van der Waals surface area (Å²) in [5.41, 5.74) is 10.1. The average Bonchev–Trinajstić information content (AvgIpc) is 2.74. The highest BCUT2D eigenvalue weighted by molar-refractivity contribution is 6.16. The third-order valence-electron chi connectivity index (χ3n) is 3.99. The van der Waals surface area contributed by atoms with Crippen molar-refractivity contribution >= 4 is 11.4 Å². The molecular weight excluding hydrogens is 277 g/mol. The Labute approximate surface area is 130 Å². The van der Waals surface area contributed by atoms with Gasteiger partial charge in [-0.15, -0.1) is 0 Å². The molecule has 0 saturated carbocycles. The largest absolute Gasteiger partial charge is 0.379 e. The van der Waals surface area contributed by atoms with Crippen molar-refractivity contribution in [2.24, 2.45) is 10.7 Å². The van der Waals surface area contributed by atoms with Crippen LogP contribution in [0.4, 0.5) is 10.1 Å². The van der Waals surface area contributed by atoms with E-state index in [1.54, 1.807) is 12.1 Å². The number of benzene rings is 2. The molecule has 3 N–H and O–H groups in total. The molecule has 22 heavy (non-hydrogen) atoms. The molecule has 0 aromatic heterocycles. The van der Waals surface area contributed by atoms with Crippen molar-refractivity contribution in [1.82, 2.24) is 0 Å². The maximum atomic E-state index is 14.2. The quantitative estimate of drug-likeness (QED) is 0.915. The van der Waals surface area contributed by atoms with Crippen molar-refractivity contribution in [3.63, 3.8) is 0 Å². The molecule has 0 aliphatic carbocycles. The first-order valence-corrected chi connectivity index (χ1v) is 7.62. The van der Waals surface area contributed by atoms with Crippen molar-refractivity contribution in [1.29, 1.82) is 0 Å². The number of aliphatic imine (C=N–C) groups is 1. The lowest BCUT2D eigenvalue weighted by molar-refractivity contribution is 0.625. The number of nitrogens with zero attached hydrogens (tertiary/aromatic N) is 1. The molecule has 0 radical (unpaired) electrons. The Kier molecular flexibility index (Phi) is 4.20. The van der Waals surface area contributed by atoms with E-state index in [2.05, 4.69) is 29.4 Å². The van der Waals surface area contributed by atoms with Gasteiger partial charge >= 0.3 is 0 Å². The second kappa shape index (κ2) is 6.28. The van der Waals surface area contributed by atoms with E-state index in [1.807, 2.05) is 12.1 Å². The number of nitrogens with two attached hydrogens (primary N) is 1. The van der Waals surface area contributed by atoms with E-state index in [-0.39, 0.29) is 11.9 Å². The van der Waals surface area contributed by atoms with Crippen molar-refractivity contribution < 1.29 is 4.39 Å². The van der Waals surface area contributed by atoms with Crippen LogP contribution in [0.25, 0.3) is 0 Å². The number of nitrogens with one attached hydrogen (secondary N) is 1. The standard InChI is InChI=1S/C18H20FN3/c1-2-12-7-8-17-15(9-12)18(21-11-13(10-20)22-17)14-5-3-4-6-16(14)19/h3-9,13,22H,2,10-11,20H2,1H3. The Morgan fingerprint density at radius 2 is 2.05 bits per heavy atom. The molecule has 1 heterocycles. The topological polar surface area (TPSA) is 50.4 Å². The predicted molar refractivity (Wildman–Crippen MR) is 89.2 cm³/mol. The molecule has 1 atom stereocenters. The Morgan fingerprint density at radius 3 is 2.77 bits per heavy atom. The number of rotatable bonds is 3. The number of anilines is 1. The SMILES string of the molecule is CCc1ccc2c(c1)C(c1ccccc1F)=NCC(CN)N2. The van der Waals surface area contributed by atoms with Gasteiger partial charge in [0.1, 0.15) is 5.82 Å². The van der Waals surface area contributed by atoms with Crippen LogP contribution in [0.3, 0.4) is 0 Å². The van der Waals surface area contributed by atoms with Crippen LogP contribution in [0.15, 0.2) is 47.5 Å². The Bertz CT molecular complexity index is 709. The number of aryl methyl sites for hydroxylation is 1. The minimum atomic E-state index is -0.250. The van der Waals surface area contributed by atoms with Crippen LogP contribution in [0.5, 0.6) is 0 Å². The second-order valence-corrected chi connectivity index (χ2v) is 5.48. The molecule has 3 rings (SSSR count). The number of hydrogen-bond acceptors (Lipinski definition) is 3. The van der Waals surface area contributed by atoms with Crippen LogP contribution >= 0.6 is 0 Å². The van der Waals surface area contributed by atoms with E-state index >= 15 is 0 Å². The van der Waals surface area contributed by atoms with E-state index in [4.69, 9.17) is 5.73 Å². The zero-order chi connectivity index (χ0) is 15.5. The minimum absolute atomic E-state index is 0.0653. The van der Waals surface area contributed by atoms with Crippen LogP contribution in [0.2, 0.25) is 0 Å². The normalized spacial score (nSPS) is 17.2. The summed E-state index contributed by atoms with van der Waals surface area (Å²) in [6, 6.07) is 13.1. The average molecular weight is 297 g/mol. The zero-order valence-electron chi connectivity index (χ0n) is 12.6. The van der Waals surface area contributed by atoms with Gasteiger partial charge in [-0.3, -0.25) is 4.99 Å². The molecule has 0 amide bonds. The van der Waals surface area contributed by atoms with Crippen LogP contribution in [-0.2, 0) is 6.42 Å². The smallest absolute Gasteiger partial charge is 0.132 e. The first-order chi connectivity index (χ1) is 10.7. The van der Waals surface area contributed by atoms with Gasteiger partial charge < -0.3 is 11.1 Å². The maximum Gasteiger partial charge on any atom is 0.132 e. The Balaban J connectivity index is 2.17. The van der Waals surface area contributed by atoms with Gasteiger partial charge in [0.2, 0.25) is 0 Å². The fourth-order valence-corrected chi connectivity index (χ4v) is 2.70. The lowest BCUT2D eigenvalue weighted by Crippen LogP contribution is -2.31. The number of hydrogen-bond donors (Lipinski definition) is 2. The Hall–Kier alpha value is -2.20. The lowest BCUT2D eigenvalue weighted by atomic mass is 9.97. The summed E-state index contributed by atoms with van der Waals surface area (Å²) in [5.74, 6) is -0.250. The lowest BCUT2D eigenvalue weighted by Gasteiger charge is -2.16. The summed E-state index contributed by atoms with van der Waals surface area (Å²) in [7, 11) is 0. The van der Waals surface area contributed by atoms with Crippen LogP contribution in [0, 0.1) is 5.82 Å². The van der Waals surface area contributed by atoms with Gasteiger partial charge in [0.05, 0.1) is 18.3 Å². The Morgan fingerprint density at radius 1 is 1.23 bits per heavy atom. The summed E-state index contributed by atoms with van der Waals surface area (Å²) in [6.45, 7) is 3.13. The first kappa shape index (κ1) is 14.7. The van der Waals surface area contributed by atoms with Gasteiger partial charge in [0.25, 0.3) is 0 Å². The van der Waals surface area contributed by atoms with Crippen molar-refractivity contribution in [3.8, 4) is 0 Å². The summed E-state index contributed by atoms with van der Waals surface area (Å²) in [6.07, 6.45) is 0.929. The highest BCUT2D eigenvalue weighted by atomic mass is 19.1. The van der Waals surface area contributed by atoms with Crippen LogP contribution < -0.4 is 11.1 Å². The molecular formula is C18H20FN3. The van der Waals surface area contributed by atoms with E-state index in [1.165, 1.54) is 11.6 Å². The molecule has 1 aliphatic heterocycles. The van der Waals surface area contributed by atoms with Gasteiger partial charge in [-0.1, -0.05) is 25.1 Å². The van der Waals surface area contributed by atoms with Gasteiger partial charge in [-0.05, 0) is 36.2 Å². The van der Waals surface area contributed by atoms with Gasteiger partial charge in [-0.2, -0.15) is 0 Å². The first-order valence-electron chi connectivity index (χ1n) is 7.62. The third kappa shape index (κ3) is 2.74. The van der Waals surface area contributed by atoms with E-state index in [0.29, 0.717) is 24.4 Å². The summed E-state index contributed by atoms with van der Waals surface area (Å²) >= 11 is 0. The molecule has 0 spiro atoms. The van der Waals surface area contributed by atoms with E-state index in [9.17, 15) is 4.39 Å². The monoisotopic (exact) mass is 297 g/mol. The minimum Gasteiger partial charge on any atom is -0.379 e. The number of fused-ring (bicyclic) bond motifs is 1. The number of halogens is 1. The highest BCUT2D eigenvalue weighted by Gasteiger charge is 2.20. The van der Waals surface area contributed by atoms with E-state index in [0.717, 1.165) is 17.7 Å². The molecule has 4 heteroatoms. The van der Waals surface area contributed by atoms with Crippen molar-refractivity contribution in [2.75, 3.05) is 18.4 Å². The van der Waals surface area contributed by atoms with E-state index < -0.39 is 0 Å². The molecule has 3 nitrogen and oxygen atoms in total. The fourth-order valence-electron chi connectivity index (χ4n) is 2.70. The number of benzodiazepines with no additional fused rings is 1. The molecule has 0 bridgehead atoms. The molecule has 114 valence electrons. The summed E-state index contributed by atoms with van der Waals surface area (Å²) < 4.78 is 14.2. The van der Waals surface area contributed by atoms with Gasteiger partial charge in [0, 0.05) is 23.4 Å². The van der Waals surface area contributed by atoms with Gasteiger partial charge in [-0.25, -0.2) is 4.39 Å². The summed E-state index contributed by atoms with van der Waals surface area (Å²) in [5, 5.41) is 3.42. The van der Waals surface area contributed by atoms with Crippen LogP contribution in [0.1, 0.15) is 23.6 Å².